The van der Waals surface area contributed by atoms with Crippen molar-refractivity contribution in [3.63, 3.8) is 0 Å². The Morgan fingerprint density at radius 2 is 1.78 bits per heavy atom. The largest absolute Gasteiger partial charge is 0.371 e. The van der Waals surface area contributed by atoms with Gasteiger partial charge in [-0.25, -0.2) is 4.39 Å². The number of anilines is 1. The molecule has 1 amide bonds. The maximum atomic E-state index is 13.5. The number of piperidine rings is 1. The Morgan fingerprint density at radius 3 is 2.37 bits per heavy atom. The van der Waals surface area contributed by atoms with E-state index in [0.717, 1.165) is 19.6 Å². The van der Waals surface area contributed by atoms with Crippen molar-refractivity contribution in [2.45, 2.75) is 38.8 Å². The highest BCUT2D eigenvalue weighted by Crippen LogP contribution is 2.29. The molecule has 0 bridgehead atoms. The average Bonchev–Trinajstić information content (AvgIpc) is 2.62. The highest BCUT2D eigenvalue weighted by atomic mass is 19.1. The fraction of sp³-hybridized carbons (Fsp3) is 0.409. The van der Waals surface area contributed by atoms with Gasteiger partial charge in [0.25, 0.3) is 0 Å². The number of aryl methyl sites for hydroxylation is 2. The quantitative estimate of drug-likeness (QED) is 0.846. The van der Waals surface area contributed by atoms with E-state index in [1.807, 2.05) is 0 Å². The maximum Gasteiger partial charge on any atom is 0.245 e. The standard InChI is InChI=1S/C22H28FN3O/c1-16-11-17(2)13-18(12-16)15-26-9-7-22(8-10-26,21(27)24-3)25-20-6-4-5-19(23)14-20/h4-6,11-14,25H,7-10,15H2,1-3H3,(H,24,27). The van der Waals surface area contributed by atoms with Crippen LogP contribution in [0.4, 0.5) is 10.1 Å². The molecule has 0 saturated carbocycles. The van der Waals surface area contributed by atoms with Crippen molar-refractivity contribution in [2.24, 2.45) is 0 Å². The first-order chi connectivity index (χ1) is 12.9. The van der Waals surface area contributed by atoms with Crippen molar-refractivity contribution in [2.75, 3.05) is 25.5 Å². The van der Waals surface area contributed by atoms with Crippen LogP contribution >= 0.6 is 0 Å². The molecule has 5 heteroatoms. The lowest BCUT2D eigenvalue weighted by molar-refractivity contribution is -0.126. The van der Waals surface area contributed by atoms with E-state index in [0.29, 0.717) is 18.5 Å². The molecule has 2 aromatic carbocycles. The van der Waals surface area contributed by atoms with E-state index in [-0.39, 0.29) is 11.7 Å². The van der Waals surface area contributed by atoms with Crippen molar-refractivity contribution >= 4 is 11.6 Å². The van der Waals surface area contributed by atoms with Crippen molar-refractivity contribution in [3.8, 4) is 0 Å². The molecule has 4 nitrogen and oxygen atoms in total. The van der Waals surface area contributed by atoms with Gasteiger partial charge in [-0.2, -0.15) is 0 Å². The van der Waals surface area contributed by atoms with Gasteiger partial charge in [-0.05, 0) is 50.5 Å². The lowest BCUT2D eigenvalue weighted by Crippen LogP contribution is -2.57. The van der Waals surface area contributed by atoms with Crippen LogP contribution < -0.4 is 10.6 Å². The highest BCUT2D eigenvalue weighted by molar-refractivity contribution is 5.89. The van der Waals surface area contributed by atoms with E-state index in [4.69, 9.17) is 0 Å². The summed E-state index contributed by atoms with van der Waals surface area (Å²) in [6.45, 7) is 6.73. The molecule has 0 radical (unpaired) electrons. The molecule has 2 aromatic rings. The zero-order valence-corrected chi connectivity index (χ0v) is 16.3. The van der Waals surface area contributed by atoms with Gasteiger partial charge in [-0.15, -0.1) is 0 Å². The van der Waals surface area contributed by atoms with E-state index < -0.39 is 5.54 Å². The lowest BCUT2D eigenvalue weighted by atomic mass is 9.85. The first-order valence-electron chi connectivity index (χ1n) is 9.46. The minimum atomic E-state index is -0.707. The number of carbonyl (C=O) groups excluding carboxylic acids is 1. The summed E-state index contributed by atoms with van der Waals surface area (Å²) in [6.07, 6.45) is 1.35. The number of amides is 1. The molecule has 3 rings (SSSR count). The van der Waals surface area contributed by atoms with E-state index in [1.54, 1.807) is 19.2 Å². The Hall–Kier alpha value is -2.40. The summed E-state index contributed by atoms with van der Waals surface area (Å²) < 4.78 is 13.5. The molecular weight excluding hydrogens is 341 g/mol. The summed E-state index contributed by atoms with van der Waals surface area (Å²) in [7, 11) is 1.65. The smallest absolute Gasteiger partial charge is 0.245 e. The molecule has 0 atom stereocenters. The monoisotopic (exact) mass is 369 g/mol. The van der Waals surface area contributed by atoms with Gasteiger partial charge >= 0.3 is 0 Å². The number of nitrogens with zero attached hydrogens (tertiary/aromatic N) is 1. The van der Waals surface area contributed by atoms with Crippen molar-refractivity contribution in [3.05, 3.63) is 65.0 Å². The first kappa shape index (κ1) is 19.4. The van der Waals surface area contributed by atoms with Crippen LogP contribution in [-0.2, 0) is 11.3 Å². The molecule has 1 saturated heterocycles. The Balaban J connectivity index is 1.71. The highest BCUT2D eigenvalue weighted by Gasteiger charge is 2.40. The molecule has 2 N–H and O–H groups in total. The predicted molar refractivity (Wildman–Crippen MR) is 107 cm³/mol. The van der Waals surface area contributed by atoms with Gasteiger partial charge in [-0.1, -0.05) is 35.4 Å². The summed E-state index contributed by atoms with van der Waals surface area (Å²) >= 11 is 0. The molecule has 0 aliphatic carbocycles. The summed E-state index contributed by atoms with van der Waals surface area (Å²) in [4.78, 5) is 15.0. The minimum Gasteiger partial charge on any atom is -0.371 e. The van der Waals surface area contributed by atoms with Crippen LogP contribution in [0.5, 0.6) is 0 Å². The van der Waals surface area contributed by atoms with Crippen LogP contribution in [0.2, 0.25) is 0 Å². The SMILES string of the molecule is CNC(=O)C1(Nc2cccc(F)c2)CCN(Cc2cc(C)cc(C)c2)CC1. The third-order valence-electron chi connectivity index (χ3n) is 5.27. The predicted octanol–water partition coefficient (Wildman–Crippen LogP) is 3.64. The van der Waals surface area contributed by atoms with Gasteiger partial charge in [-0.3, -0.25) is 9.69 Å². The maximum absolute atomic E-state index is 13.5. The van der Waals surface area contributed by atoms with E-state index >= 15 is 0 Å². The number of likely N-dealkylation sites (N-methyl/N-ethyl adjacent to an activating group) is 1. The van der Waals surface area contributed by atoms with E-state index in [9.17, 15) is 9.18 Å². The Kier molecular flexibility index (Phi) is 5.80. The van der Waals surface area contributed by atoms with Gasteiger partial charge in [0, 0.05) is 32.4 Å². The minimum absolute atomic E-state index is 0.0437. The summed E-state index contributed by atoms with van der Waals surface area (Å²) in [5.74, 6) is -0.350. The fourth-order valence-electron chi connectivity index (χ4n) is 4.00. The van der Waals surface area contributed by atoms with Crippen LogP contribution in [0, 0.1) is 19.7 Å². The van der Waals surface area contributed by atoms with Crippen molar-refractivity contribution in [1.29, 1.82) is 0 Å². The van der Waals surface area contributed by atoms with E-state index in [2.05, 4.69) is 47.6 Å². The normalized spacial score (nSPS) is 16.7. The number of benzene rings is 2. The number of halogens is 1. The Labute approximate surface area is 160 Å². The number of nitrogens with one attached hydrogen (secondary N) is 2. The first-order valence-corrected chi connectivity index (χ1v) is 9.46. The second-order valence-corrected chi connectivity index (χ2v) is 7.57. The molecule has 0 unspecified atom stereocenters. The van der Waals surface area contributed by atoms with Gasteiger partial charge in [0.2, 0.25) is 5.91 Å². The Morgan fingerprint density at radius 1 is 1.11 bits per heavy atom. The summed E-state index contributed by atoms with van der Waals surface area (Å²) in [5.41, 5.74) is 3.78. The zero-order chi connectivity index (χ0) is 19.4. The number of hydrogen-bond donors (Lipinski definition) is 2. The lowest BCUT2D eigenvalue weighted by Gasteiger charge is -2.41. The number of rotatable bonds is 5. The van der Waals surface area contributed by atoms with Crippen LogP contribution in [-0.4, -0.2) is 36.5 Å². The molecule has 27 heavy (non-hydrogen) atoms. The molecule has 144 valence electrons. The molecule has 0 spiro atoms. The molecule has 1 aliphatic heterocycles. The van der Waals surface area contributed by atoms with Crippen LogP contribution in [0.3, 0.4) is 0 Å². The summed E-state index contributed by atoms with van der Waals surface area (Å²) in [5, 5.41) is 6.09. The number of hydrogen-bond acceptors (Lipinski definition) is 3. The Bertz CT molecular complexity index is 793. The number of likely N-dealkylation sites (tertiary alicyclic amines) is 1. The number of carbonyl (C=O) groups is 1. The van der Waals surface area contributed by atoms with Crippen LogP contribution in [0.25, 0.3) is 0 Å². The molecule has 1 heterocycles. The van der Waals surface area contributed by atoms with Crippen molar-refractivity contribution < 1.29 is 9.18 Å². The third kappa shape index (κ3) is 4.66. The average molecular weight is 369 g/mol. The van der Waals surface area contributed by atoms with Gasteiger partial charge in [0.15, 0.2) is 0 Å². The van der Waals surface area contributed by atoms with Gasteiger partial charge < -0.3 is 10.6 Å². The molecule has 1 aliphatic rings. The van der Waals surface area contributed by atoms with Gasteiger partial charge in [0.1, 0.15) is 11.4 Å². The van der Waals surface area contributed by atoms with Gasteiger partial charge in [0.05, 0.1) is 0 Å². The molecular formula is C22H28FN3O. The summed E-state index contributed by atoms with van der Waals surface area (Å²) in [6, 6.07) is 12.9. The topological polar surface area (TPSA) is 44.4 Å². The van der Waals surface area contributed by atoms with E-state index in [1.165, 1.54) is 28.8 Å². The third-order valence-corrected chi connectivity index (χ3v) is 5.27. The van der Waals surface area contributed by atoms with Crippen LogP contribution in [0.1, 0.15) is 29.5 Å². The molecule has 1 fully saturated rings. The van der Waals surface area contributed by atoms with Crippen LogP contribution in [0.15, 0.2) is 42.5 Å². The second kappa shape index (κ2) is 8.09. The zero-order valence-electron chi connectivity index (χ0n) is 16.3. The molecule has 0 aromatic heterocycles. The second-order valence-electron chi connectivity index (χ2n) is 7.57. The fourth-order valence-corrected chi connectivity index (χ4v) is 4.00. The van der Waals surface area contributed by atoms with Crippen molar-refractivity contribution in [1.82, 2.24) is 10.2 Å².